The number of benzene rings is 2. The first kappa shape index (κ1) is 35.4. The molecule has 10 nitrogen and oxygen atoms in total. The summed E-state index contributed by atoms with van der Waals surface area (Å²) in [6.45, 7) is 8.98. The number of hydrogen-bond acceptors (Lipinski definition) is 7. The van der Waals surface area contributed by atoms with E-state index in [4.69, 9.17) is 9.47 Å². The Morgan fingerprint density at radius 3 is 2.19 bits per heavy atom. The number of carbonyl (C=O) groups excluding carboxylic acids is 4. The van der Waals surface area contributed by atoms with E-state index in [-0.39, 0.29) is 56.8 Å². The fraction of sp³-hybridized carbons (Fsp3) is 0.459. The molecular formula is C37H47N3O7. The minimum atomic E-state index is -0.969. The van der Waals surface area contributed by atoms with E-state index in [0.29, 0.717) is 19.3 Å². The molecule has 2 aromatic rings. The highest BCUT2D eigenvalue weighted by Crippen LogP contribution is 2.44. The number of alkyl carbamates (subject to hydrolysis) is 1. The summed E-state index contributed by atoms with van der Waals surface area (Å²) >= 11 is 0. The quantitative estimate of drug-likeness (QED) is 0.141. The number of aliphatic hydroxyl groups is 1. The van der Waals surface area contributed by atoms with Crippen molar-refractivity contribution < 1.29 is 33.8 Å². The highest BCUT2D eigenvalue weighted by atomic mass is 16.6. The van der Waals surface area contributed by atoms with Crippen molar-refractivity contribution in [1.29, 1.82) is 0 Å². The van der Waals surface area contributed by atoms with Crippen LogP contribution in [0.5, 0.6) is 0 Å². The fourth-order valence-corrected chi connectivity index (χ4v) is 6.43. The Hall–Kier alpha value is -4.44. The van der Waals surface area contributed by atoms with Crippen molar-refractivity contribution in [2.24, 2.45) is 5.92 Å². The van der Waals surface area contributed by atoms with E-state index >= 15 is 0 Å². The molecule has 0 saturated heterocycles. The van der Waals surface area contributed by atoms with Crippen molar-refractivity contribution in [2.75, 3.05) is 19.8 Å². The summed E-state index contributed by atoms with van der Waals surface area (Å²) in [4.78, 5) is 52.2. The molecular weight excluding hydrogens is 598 g/mol. The number of allylic oxidation sites excluding steroid dienone is 2. The summed E-state index contributed by atoms with van der Waals surface area (Å²) in [5.41, 5.74) is 3.63. The van der Waals surface area contributed by atoms with Gasteiger partial charge in [0.15, 0.2) is 0 Å². The smallest absolute Gasteiger partial charge is 0.407 e. The maximum absolute atomic E-state index is 13.4. The molecule has 0 radical (unpaired) electrons. The van der Waals surface area contributed by atoms with Crippen LogP contribution < -0.4 is 16.0 Å². The molecule has 0 aliphatic heterocycles. The SMILES string of the molecule is C=CCC[C@H](NC(=O)OCC1c2ccccc2-c2ccccc21)C(=O)OCC1(NC(=O)[C@@H](CC=C)CC(=O)N[C@H](C)CO)CCCC1. The minimum absolute atomic E-state index is 0.0637. The molecule has 3 amide bonds. The molecule has 1 saturated carbocycles. The Bertz CT molecular complexity index is 1390. The van der Waals surface area contributed by atoms with Gasteiger partial charge in [0, 0.05) is 18.4 Å². The van der Waals surface area contributed by atoms with E-state index in [2.05, 4.69) is 41.2 Å². The molecule has 0 spiro atoms. The van der Waals surface area contributed by atoms with Gasteiger partial charge in [-0.25, -0.2) is 9.59 Å². The van der Waals surface area contributed by atoms with Crippen LogP contribution in [0.25, 0.3) is 11.1 Å². The van der Waals surface area contributed by atoms with E-state index in [1.165, 1.54) is 0 Å². The number of nitrogens with one attached hydrogen (secondary N) is 3. The second kappa shape index (κ2) is 16.9. The molecule has 2 aliphatic rings. The van der Waals surface area contributed by atoms with Crippen molar-refractivity contribution in [3.63, 3.8) is 0 Å². The van der Waals surface area contributed by atoms with Gasteiger partial charge in [0.25, 0.3) is 0 Å². The molecule has 0 aromatic heterocycles. The average molecular weight is 646 g/mol. The second-order valence-corrected chi connectivity index (χ2v) is 12.5. The van der Waals surface area contributed by atoms with Crippen LogP contribution in [0.3, 0.4) is 0 Å². The molecule has 1 fully saturated rings. The predicted molar refractivity (Wildman–Crippen MR) is 179 cm³/mol. The van der Waals surface area contributed by atoms with Crippen LogP contribution in [-0.4, -0.2) is 66.4 Å². The van der Waals surface area contributed by atoms with E-state index in [0.717, 1.165) is 35.1 Å². The maximum Gasteiger partial charge on any atom is 0.407 e. The first-order valence-electron chi connectivity index (χ1n) is 16.4. The van der Waals surface area contributed by atoms with Gasteiger partial charge in [-0.2, -0.15) is 0 Å². The van der Waals surface area contributed by atoms with Crippen LogP contribution >= 0.6 is 0 Å². The Kier molecular flexibility index (Phi) is 12.8. The number of fused-ring (bicyclic) bond motifs is 3. The van der Waals surface area contributed by atoms with Crippen molar-refractivity contribution in [3.8, 4) is 11.1 Å². The largest absolute Gasteiger partial charge is 0.462 e. The van der Waals surface area contributed by atoms with Crippen molar-refractivity contribution in [3.05, 3.63) is 85.0 Å². The maximum atomic E-state index is 13.4. The van der Waals surface area contributed by atoms with Gasteiger partial charge in [0.05, 0.1) is 18.1 Å². The van der Waals surface area contributed by atoms with Gasteiger partial charge in [-0.15, -0.1) is 13.2 Å². The molecule has 2 aromatic carbocycles. The van der Waals surface area contributed by atoms with Gasteiger partial charge in [0.1, 0.15) is 19.3 Å². The monoisotopic (exact) mass is 645 g/mol. The minimum Gasteiger partial charge on any atom is -0.462 e. The fourth-order valence-electron chi connectivity index (χ4n) is 6.43. The van der Waals surface area contributed by atoms with Crippen LogP contribution in [0.1, 0.15) is 75.3 Å². The third-order valence-corrected chi connectivity index (χ3v) is 8.95. The lowest BCUT2D eigenvalue weighted by atomic mass is 9.94. The van der Waals surface area contributed by atoms with Gasteiger partial charge in [-0.05, 0) is 61.3 Å². The summed E-state index contributed by atoms with van der Waals surface area (Å²) in [6.07, 6.45) is 6.40. The van der Waals surface area contributed by atoms with Crippen LogP contribution in [-0.2, 0) is 23.9 Å². The zero-order valence-electron chi connectivity index (χ0n) is 27.2. The number of carbonyl (C=O) groups is 4. The first-order chi connectivity index (χ1) is 22.7. The molecule has 2 aliphatic carbocycles. The highest BCUT2D eigenvalue weighted by Gasteiger charge is 2.39. The normalized spacial score (nSPS) is 16.5. The molecule has 0 unspecified atom stereocenters. The van der Waals surface area contributed by atoms with E-state index in [1.54, 1.807) is 19.1 Å². The molecule has 0 heterocycles. The zero-order chi connectivity index (χ0) is 33.8. The predicted octanol–water partition coefficient (Wildman–Crippen LogP) is 4.91. The van der Waals surface area contributed by atoms with Crippen LogP contribution in [0, 0.1) is 5.92 Å². The zero-order valence-corrected chi connectivity index (χ0v) is 27.2. The van der Waals surface area contributed by atoms with Crippen LogP contribution in [0.2, 0.25) is 0 Å². The van der Waals surface area contributed by atoms with Gasteiger partial charge < -0.3 is 30.5 Å². The molecule has 0 bridgehead atoms. The summed E-state index contributed by atoms with van der Waals surface area (Å²) in [6, 6.07) is 14.7. The summed E-state index contributed by atoms with van der Waals surface area (Å²) in [5, 5.41) is 17.7. The van der Waals surface area contributed by atoms with Gasteiger partial charge in [-0.1, -0.05) is 73.5 Å². The number of aliphatic hydroxyl groups excluding tert-OH is 1. The molecule has 4 N–H and O–H groups in total. The summed E-state index contributed by atoms with van der Waals surface area (Å²) in [5.74, 6) is -2.07. The number of amides is 3. The topological polar surface area (TPSA) is 143 Å². The summed E-state index contributed by atoms with van der Waals surface area (Å²) < 4.78 is 11.4. The molecule has 4 rings (SSSR count). The standard InChI is InChI=1S/C37H47N3O7/c1-4-6-18-32(39-36(45)46-23-31-29-16-9-7-14-27(29)28-15-8-10-17-30(28)31)35(44)47-24-37(19-11-12-20-37)40-34(43)26(13-5-2)21-33(42)38-25(3)22-41/h4-5,7-10,14-17,25-26,31-32,41H,1-2,6,11-13,18-24H2,3H3,(H,38,42)(H,39,45)(H,40,43)/t25-,26+,32+/m1/s1. The van der Waals surface area contributed by atoms with Gasteiger partial charge >= 0.3 is 12.1 Å². The molecule has 3 atom stereocenters. The Balaban J connectivity index is 1.36. The molecule has 252 valence electrons. The van der Waals surface area contributed by atoms with E-state index in [1.807, 2.05) is 36.4 Å². The number of ether oxygens (including phenoxy) is 2. The van der Waals surface area contributed by atoms with Gasteiger partial charge in [-0.3, -0.25) is 9.59 Å². The molecule has 10 heteroatoms. The first-order valence-corrected chi connectivity index (χ1v) is 16.4. The third kappa shape index (κ3) is 9.32. The second-order valence-electron chi connectivity index (χ2n) is 12.5. The van der Waals surface area contributed by atoms with Crippen LogP contribution in [0.15, 0.2) is 73.8 Å². The van der Waals surface area contributed by atoms with Crippen molar-refractivity contribution >= 4 is 23.9 Å². The van der Waals surface area contributed by atoms with Crippen LogP contribution in [0.4, 0.5) is 4.79 Å². The van der Waals surface area contributed by atoms with E-state index < -0.39 is 35.6 Å². The highest BCUT2D eigenvalue weighted by molar-refractivity contribution is 5.87. The van der Waals surface area contributed by atoms with Crippen molar-refractivity contribution in [2.45, 2.75) is 81.8 Å². The van der Waals surface area contributed by atoms with Crippen molar-refractivity contribution in [1.82, 2.24) is 16.0 Å². The van der Waals surface area contributed by atoms with Gasteiger partial charge in [0.2, 0.25) is 11.8 Å². The number of rotatable bonds is 17. The lowest BCUT2D eigenvalue weighted by Gasteiger charge is -2.32. The Labute approximate surface area is 277 Å². The number of esters is 1. The lowest BCUT2D eigenvalue weighted by molar-refractivity contribution is -0.149. The van der Waals surface area contributed by atoms with E-state index in [9.17, 15) is 24.3 Å². The summed E-state index contributed by atoms with van der Waals surface area (Å²) in [7, 11) is 0. The Morgan fingerprint density at radius 2 is 1.60 bits per heavy atom. The Morgan fingerprint density at radius 1 is 0.957 bits per heavy atom. The third-order valence-electron chi connectivity index (χ3n) is 8.95. The lowest BCUT2D eigenvalue weighted by Crippen LogP contribution is -2.53. The number of hydrogen-bond donors (Lipinski definition) is 4. The molecule has 47 heavy (non-hydrogen) atoms. The average Bonchev–Trinajstić information content (AvgIpc) is 3.66.